The minimum absolute atomic E-state index is 0.0551. The second kappa shape index (κ2) is 8.39. The maximum absolute atomic E-state index is 12.8. The molecule has 3 aromatic rings. The fourth-order valence-corrected chi connectivity index (χ4v) is 3.81. The Kier molecular flexibility index (Phi) is 5.51. The summed E-state index contributed by atoms with van der Waals surface area (Å²) in [5.41, 5.74) is 5.00. The highest BCUT2D eigenvalue weighted by molar-refractivity contribution is 6.06. The maximum Gasteiger partial charge on any atom is 0.257 e. The van der Waals surface area contributed by atoms with Crippen molar-refractivity contribution in [2.45, 2.75) is 32.6 Å². The number of rotatable bonds is 6. The van der Waals surface area contributed by atoms with Crippen LogP contribution in [0.25, 0.3) is 10.9 Å². The molecule has 0 radical (unpaired) electrons. The van der Waals surface area contributed by atoms with Gasteiger partial charge in [0.25, 0.3) is 11.8 Å². The van der Waals surface area contributed by atoms with E-state index in [0.717, 1.165) is 23.7 Å². The van der Waals surface area contributed by atoms with Crippen molar-refractivity contribution in [3.05, 3.63) is 59.3 Å². The smallest absolute Gasteiger partial charge is 0.257 e. The van der Waals surface area contributed by atoms with Crippen molar-refractivity contribution in [3.8, 4) is 5.75 Å². The molecule has 0 saturated carbocycles. The van der Waals surface area contributed by atoms with Crippen LogP contribution in [0.5, 0.6) is 5.75 Å². The summed E-state index contributed by atoms with van der Waals surface area (Å²) >= 11 is 0. The average molecular weight is 391 g/mol. The van der Waals surface area contributed by atoms with Gasteiger partial charge in [-0.15, -0.1) is 0 Å². The first-order chi connectivity index (χ1) is 14.1. The summed E-state index contributed by atoms with van der Waals surface area (Å²) in [6.45, 7) is 2.36. The van der Waals surface area contributed by atoms with Gasteiger partial charge in [-0.05, 0) is 68.5 Å². The van der Waals surface area contributed by atoms with Crippen LogP contribution in [0, 0.1) is 0 Å². The summed E-state index contributed by atoms with van der Waals surface area (Å²) < 4.78 is 5.49. The first-order valence-corrected chi connectivity index (χ1v) is 10.1. The van der Waals surface area contributed by atoms with Crippen molar-refractivity contribution in [1.82, 2.24) is 10.3 Å². The van der Waals surface area contributed by atoms with Gasteiger partial charge in [0.1, 0.15) is 5.75 Å². The standard InChI is InChI=1S/C23H25N3O3/c1-2-24-22(27)14-29-17-7-5-6-16(13-17)25-23(28)15-10-11-21-19(12-15)18-8-3-4-9-20(18)26-21/h5-7,10-13,26H,2-4,8-9,14H2,1H3,(H,24,27)(H,25,28). The molecule has 29 heavy (non-hydrogen) atoms. The van der Waals surface area contributed by atoms with Gasteiger partial charge in [-0.2, -0.15) is 0 Å². The third-order valence-electron chi connectivity index (χ3n) is 5.20. The van der Waals surface area contributed by atoms with Crippen LogP contribution in [0.3, 0.4) is 0 Å². The van der Waals surface area contributed by atoms with Gasteiger partial charge in [-0.3, -0.25) is 9.59 Å². The zero-order valence-corrected chi connectivity index (χ0v) is 16.5. The monoisotopic (exact) mass is 391 g/mol. The van der Waals surface area contributed by atoms with Crippen LogP contribution < -0.4 is 15.4 Å². The van der Waals surface area contributed by atoms with Gasteiger partial charge < -0.3 is 20.4 Å². The minimum atomic E-state index is -0.176. The zero-order chi connectivity index (χ0) is 20.2. The summed E-state index contributed by atoms with van der Waals surface area (Å²) in [5.74, 6) is 0.188. The zero-order valence-electron chi connectivity index (χ0n) is 16.5. The second-order valence-corrected chi connectivity index (χ2v) is 7.27. The molecule has 0 bridgehead atoms. The first-order valence-electron chi connectivity index (χ1n) is 10.1. The lowest BCUT2D eigenvalue weighted by Gasteiger charge is -2.11. The van der Waals surface area contributed by atoms with Crippen LogP contribution in [-0.4, -0.2) is 29.9 Å². The van der Waals surface area contributed by atoms with E-state index in [2.05, 4.69) is 15.6 Å². The van der Waals surface area contributed by atoms with Gasteiger partial charge in [-0.25, -0.2) is 0 Å². The Balaban J connectivity index is 1.48. The number of likely N-dealkylation sites (N-methyl/N-ethyl adjacent to an activating group) is 1. The fourth-order valence-electron chi connectivity index (χ4n) is 3.81. The van der Waals surface area contributed by atoms with Crippen LogP contribution in [0.2, 0.25) is 0 Å². The number of anilines is 1. The molecule has 0 saturated heterocycles. The number of aromatic nitrogens is 1. The number of H-pyrrole nitrogens is 1. The molecule has 1 aliphatic carbocycles. The molecule has 1 heterocycles. The summed E-state index contributed by atoms with van der Waals surface area (Å²) in [6, 6.07) is 12.9. The number of amides is 2. The Bertz CT molecular complexity index is 1050. The van der Waals surface area contributed by atoms with Crippen LogP contribution >= 0.6 is 0 Å². The lowest BCUT2D eigenvalue weighted by Crippen LogP contribution is -2.28. The molecule has 4 rings (SSSR count). The van der Waals surface area contributed by atoms with Crippen LogP contribution in [-0.2, 0) is 17.6 Å². The molecule has 0 spiro atoms. The maximum atomic E-state index is 12.8. The Morgan fingerprint density at radius 3 is 2.83 bits per heavy atom. The van der Waals surface area contributed by atoms with Crippen molar-refractivity contribution in [3.63, 3.8) is 0 Å². The summed E-state index contributed by atoms with van der Waals surface area (Å²) in [7, 11) is 0. The van der Waals surface area contributed by atoms with Gasteiger partial charge in [0.2, 0.25) is 0 Å². The lowest BCUT2D eigenvalue weighted by molar-refractivity contribution is -0.122. The van der Waals surface area contributed by atoms with Crippen molar-refractivity contribution in [2.24, 2.45) is 0 Å². The number of benzene rings is 2. The SMILES string of the molecule is CCNC(=O)COc1cccc(NC(=O)c2ccc3[nH]c4c(c3c2)CCCC4)c1. The number of nitrogens with one attached hydrogen (secondary N) is 3. The lowest BCUT2D eigenvalue weighted by atomic mass is 9.95. The number of carbonyl (C=O) groups excluding carboxylic acids is 2. The molecule has 6 nitrogen and oxygen atoms in total. The average Bonchev–Trinajstić information content (AvgIpc) is 3.11. The normalized spacial score (nSPS) is 13.0. The predicted octanol–water partition coefficient (Wildman–Crippen LogP) is 3.81. The second-order valence-electron chi connectivity index (χ2n) is 7.27. The van der Waals surface area contributed by atoms with Gasteiger partial charge in [-0.1, -0.05) is 6.07 Å². The quantitative estimate of drug-likeness (QED) is 0.597. The van der Waals surface area contributed by atoms with Gasteiger partial charge in [0.05, 0.1) is 0 Å². The van der Waals surface area contributed by atoms with E-state index in [4.69, 9.17) is 4.74 Å². The third kappa shape index (κ3) is 4.26. The third-order valence-corrected chi connectivity index (χ3v) is 5.20. The van der Waals surface area contributed by atoms with Gasteiger partial charge in [0.15, 0.2) is 6.61 Å². The molecule has 0 fully saturated rings. The molecule has 0 aliphatic heterocycles. The predicted molar refractivity (Wildman–Crippen MR) is 114 cm³/mol. The van der Waals surface area contributed by atoms with E-state index in [1.165, 1.54) is 24.1 Å². The highest BCUT2D eigenvalue weighted by Gasteiger charge is 2.17. The number of hydrogen-bond donors (Lipinski definition) is 3. The fraction of sp³-hybridized carbons (Fsp3) is 0.304. The Hall–Kier alpha value is -3.28. The summed E-state index contributed by atoms with van der Waals surface area (Å²) in [5, 5.41) is 6.75. The molecule has 1 aliphatic rings. The van der Waals surface area contributed by atoms with Crippen molar-refractivity contribution >= 4 is 28.4 Å². The molecule has 1 aromatic heterocycles. The van der Waals surface area contributed by atoms with E-state index in [1.54, 1.807) is 24.3 Å². The number of fused-ring (bicyclic) bond motifs is 3. The van der Waals surface area contributed by atoms with Crippen LogP contribution in [0.1, 0.15) is 41.4 Å². The Labute approximate surface area is 169 Å². The molecular weight excluding hydrogens is 366 g/mol. The molecular formula is C23H25N3O3. The highest BCUT2D eigenvalue weighted by atomic mass is 16.5. The van der Waals surface area contributed by atoms with Crippen molar-refractivity contribution in [1.29, 1.82) is 0 Å². The van der Waals surface area contributed by atoms with E-state index in [-0.39, 0.29) is 18.4 Å². The first kappa shape index (κ1) is 19.1. The Morgan fingerprint density at radius 2 is 1.97 bits per heavy atom. The van der Waals surface area contributed by atoms with Gasteiger partial charge in [0, 0.05) is 40.5 Å². The van der Waals surface area contributed by atoms with E-state index < -0.39 is 0 Å². The van der Waals surface area contributed by atoms with E-state index in [9.17, 15) is 9.59 Å². The summed E-state index contributed by atoms with van der Waals surface area (Å²) in [6.07, 6.45) is 4.55. The number of aryl methyl sites for hydroxylation is 2. The van der Waals surface area contributed by atoms with E-state index >= 15 is 0 Å². The number of ether oxygens (including phenoxy) is 1. The van der Waals surface area contributed by atoms with Crippen LogP contribution in [0.4, 0.5) is 5.69 Å². The van der Waals surface area contributed by atoms with Gasteiger partial charge >= 0.3 is 0 Å². The molecule has 2 aromatic carbocycles. The minimum Gasteiger partial charge on any atom is -0.484 e. The molecule has 0 unspecified atom stereocenters. The molecule has 0 atom stereocenters. The number of aromatic amines is 1. The summed E-state index contributed by atoms with van der Waals surface area (Å²) in [4.78, 5) is 27.8. The highest BCUT2D eigenvalue weighted by Crippen LogP contribution is 2.30. The largest absolute Gasteiger partial charge is 0.484 e. The number of carbonyl (C=O) groups is 2. The molecule has 150 valence electrons. The van der Waals surface area contributed by atoms with Crippen molar-refractivity contribution in [2.75, 3.05) is 18.5 Å². The van der Waals surface area contributed by atoms with Crippen molar-refractivity contribution < 1.29 is 14.3 Å². The number of hydrogen-bond acceptors (Lipinski definition) is 3. The molecule has 6 heteroatoms. The van der Waals surface area contributed by atoms with Crippen LogP contribution in [0.15, 0.2) is 42.5 Å². The molecule has 2 amide bonds. The Morgan fingerprint density at radius 1 is 1.10 bits per heavy atom. The molecule has 3 N–H and O–H groups in total. The van der Waals surface area contributed by atoms with E-state index in [0.29, 0.717) is 23.5 Å². The van der Waals surface area contributed by atoms with E-state index in [1.807, 2.05) is 25.1 Å². The topological polar surface area (TPSA) is 83.2 Å².